The molecule has 1 N–H and O–H groups in total. The molecule has 6 aromatic carbocycles. The molecule has 1 saturated carbocycles. The number of anilines is 5. The molecule has 7 rings (SSSR count). The SMILES string of the molecule is C=C(C)C(=O)OCCOC(=O)CCC(=O)OC1CCCCC1Nc1ccc([C+](c2ccc(N(C)c3c(C)cc(C)cc3C)cc2)c2ccc(N(C)c3c(C)cc(C)cc3C)cc2)c2ccccc12. The number of carbonyl (C=O) groups is 3. The van der Waals surface area contributed by atoms with Crippen molar-refractivity contribution in [2.75, 3.05) is 42.4 Å². The van der Waals surface area contributed by atoms with Crippen molar-refractivity contribution in [3.05, 3.63) is 177 Å². The molecule has 352 valence electrons. The van der Waals surface area contributed by atoms with Gasteiger partial charge >= 0.3 is 17.9 Å². The van der Waals surface area contributed by atoms with Gasteiger partial charge in [0.15, 0.2) is 0 Å². The summed E-state index contributed by atoms with van der Waals surface area (Å²) in [5.74, 6) is -0.426. The number of nitrogens with zero attached hydrogens (tertiary/aromatic N) is 2. The van der Waals surface area contributed by atoms with E-state index in [1.807, 2.05) is 0 Å². The van der Waals surface area contributed by atoms with E-state index in [9.17, 15) is 14.4 Å². The standard InChI is InChI=1S/C59H66N3O6/c1-37(2)59(65)67-32-31-66-54(63)29-30-55(64)68-53-18-14-13-17-52(53)60-51-28-27-50(48-15-11-12-16-49(48)51)56(44-19-23-46(24-20-44)61(9)57-40(5)33-38(3)34-41(57)6)45-21-25-47(26-22-45)62(10)58-42(7)35-39(4)36-43(58)8/h11-12,15-16,19-28,33-36,52-53,60H,1,13-14,17-18,29-32H2,2-10H3/q+1. The van der Waals surface area contributed by atoms with Gasteiger partial charge in [-0.25, -0.2) is 4.79 Å². The Hall–Kier alpha value is -7.00. The predicted octanol–water partition coefficient (Wildman–Crippen LogP) is 13.0. The Balaban J connectivity index is 1.16. The second-order valence-electron chi connectivity index (χ2n) is 18.5. The van der Waals surface area contributed by atoms with Crippen LogP contribution < -0.4 is 15.1 Å². The average molecular weight is 913 g/mol. The third kappa shape index (κ3) is 11.4. The molecule has 1 aliphatic carbocycles. The van der Waals surface area contributed by atoms with Crippen molar-refractivity contribution in [1.29, 1.82) is 0 Å². The van der Waals surface area contributed by atoms with E-state index in [4.69, 9.17) is 14.2 Å². The third-order valence-corrected chi connectivity index (χ3v) is 13.0. The Bertz CT molecular complexity index is 2640. The lowest BCUT2D eigenvalue weighted by molar-refractivity contribution is -0.156. The number of carbonyl (C=O) groups excluding carboxylic acids is 3. The Morgan fingerprint density at radius 1 is 0.632 bits per heavy atom. The van der Waals surface area contributed by atoms with Crippen molar-refractivity contribution in [1.82, 2.24) is 0 Å². The van der Waals surface area contributed by atoms with E-state index in [0.29, 0.717) is 0 Å². The van der Waals surface area contributed by atoms with Gasteiger partial charge < -0.3 is 29.3 Å². The third-order valence-electron chi connectivity index (χ3n) is 13.0. The van der Waals surface area contributed by atoms with E-state index in [-0.39, 0.29) is 43.8 Å². The maximum Gasteiger partial charge on any atom is 0.333 e. The first-order chi connectivity index (χ1) is 32.6. The number of benzene rings is 6. The van der Waals surface area contributed by atoms with Crippen LogP contribution in [0.1, 0.15) is 95.5 Å². The van der Waals surface area contributed by atoms with Crippen molar-refractivity contribution < 1.29 is 28.6 Å². The van der Waals surface area contributed by atoms with Crippen LogP contribution in [0.5, 0.6) is 0 Å². The van der Waals surface area contributed by atoms with Crippen molar-refractivity contribution in [2.24, 2.45) is 0 Å². The van der Waals surface area contributed by atoms with Crippen LogP contribution in [0.3, 0.4) is 0 Å². The quantitative estimate of drug-likeness (QED) is 0.0240. The van der Waals surface area contributed by atoms with E-state index in [1.165, 1.54) is 44.8 Å². The number of aryl methyl sites for hydroxylation is 6. The molecule has 2 unspecified atom stereocenters. The van der Waals surface area contributed by atoms with Crippen molar-refractivity contribution in [3.8, 4) is 0 Å². The Morgan fingerprint density at radius 2 is 1.12 bits per heavy atom. The molecule has 1 fully saturated rings. The zero-order valence-electron chi connectivity index (χ0n) is 41.3. The minimum atomic E-state index is -0.555. The highest BCUT2D eigenvalue weighted by Gasteiger charge is 2.31. The van der Waals surface area contributed by atoms with Gasteiger partial charge in [0.1, 0.15) is 19.3 Å². The number of nitrogens with one attached hydrogen (secondary N) is 1. The van der Waals surface area contributed by atoms with Gasteiger partial charge in [0.05, 0.1) is 58.6 Å². The molecule has 0 heterocycles. The van der Waals surface area contributed by atoms with E-state index in [1.54, 1.807) is 6.92 Å². The van der Waals surface area contributed by atoms with Gasteiger partial charge in [-0.15, -0.1) is 0 Å². The van der Waals surface area contributed by atoms with Crippen LogP contribution in [0, 0.1) is 47.5 Å². The van der Waals surface area contributed by atoms with Gasteiger partial charge in [-0.1, -0.05) is 60.5 Å². The van der Waals surface area contributed by atoms with Crippen LogP contribution in [0.15, 0.2) is 121 Å². The Morgan fingerprint density at radius 3 is 1.65 bits per heavy atom. The molecule has 6 aromatic rings. The van der Waals surface area contributed by atoms with E-state index >= 15 is 0 Å². The van der Waals surface area contributed by atoms with Crippen LogP contribution >= 0.6 is 0 Å². The fraction of sp³-hybridized carbons (Fsp3) is 0.322. The lowest BCUT2D eigenvalue weighted by Crippen LogP contribution is -2.39. The number of fused-ring (bicyclic) bond motifs is 1. The molecule has 0 bridgehead atoms. The zero-order valence-corrected chi connectivity index (χ0v) is 41.3. The van der Waals surface area contributed by atoms with Crippen LogP contribution in [-0.4, -0.2) is 57.4 Å². The molecular formula is C59H66N3O6+. The fourth-order valence-electron chi connectivity index (χ4n) is 10.0. The van der Waals surface area contributed by atoms with Crippen LogP contribution in [-0.2, 0) is 28.6 Å². The Labute approximate surface area is 403 Å². The highest BCUT2D eigenvalue weighted by molar-refractivity contribution is 5.98. The highest BCUT2D eigenvalue weighted by Crippen LogP contribution is 2.41. The lowest BCUT2D eigenvalue weighted by atomic mass is 9.82. The monoisotopic (exact) mass is 912 g/mol. The maximum absolute atomic E-state index is 13.1. The molecule has 9 nitrogen and oxygen atoms in total. The molecule has 2 atom stereocenters. The van der Waals surface area contributed by atoms with Crippen molar-refractivity contribution in [3.63, 3.8) is 0 Å². The highest BCUT2D eigenvalue weighted by atomic mass is 16.6. The number of hydrogen-bond donors (Lipinski definition) is 1. The van der Waals surface area contributed by atoms with Gasteiger partial charge in [-0.3, -0.25) is 9.59 Å². The summed E-state index contributed by atoms with van der Waals surface area (Å²) < 4.78 is 16.2. The number of ether oxygens (including phenoxy) is 3. The fourth-order valence-corrected chi connectivity index (χ4v) is 10.0. The van der Waals surface area contributed by atoms with Crippen molar-refractivity contribution in [2.45, 2.75) is 99.1 Å². The second kappa shape index (κ2) is 21.7. The van der Waals surface area contributed by atoms with Gasteiger partial charge in [-0.05, 0) is 163 Å². The lowest BCUT2D eigenvalue weighted by Gasteiger charge is -2.33. The minimum absolute atomic E-state index is 0.0782. The van der Waals surface area contributed by atoms with Crippen LogP contribution in [0.4, 0.5) is 28.4 Å². The normalized spacial score (nSPS) is 14.5. The summed E-state index contributed by atoms with van der Waals surface area (Å²) in [5, 5.41) is 5.97. The first-order valence-electron chi connectivity index (χ1n) is 23.8. The summed E-state index contributed by atoms with van der Waals surface area (Å²) in [6, 6.07) is 39.6. The van der Waals surface area contributed by atoms with Crippen LogP contribution in [0.2, 0.25) is 0 Å². The van der Waals surface area contributed by atoms with E-state index in [0.717, 1.165) is 76.1 Å². The largest absolute Gasteiger partial charge is 0.462 e. The number of rotatable bonds is 17. The topological polar surface area (TPSA) is 97.4 Å². The van der Waals surface area contributed by atoms with E-state index in [2.05, 4.69) is 187 Å². The zero-order chi connectivity index (χ0) is 48.6. The molecule has 68 heavy (non-hydrogen) atoms. The molecule has 1 aliphatic rings. The Kier molecular flexibility index (Phi) is 15.6. The van der Waals surface area contributed by atoms with Crippen LogP contribution in [0.25, 0.3) is 10.8 Å². The molecule has 0 spiro atoms. The molecule has 0 saturated heterocycles. The van der Waals surface area contributed by atoms with Gasteiger partial charge in [0, 0.05) is 41.8 Å². The first-order valence-corrected chi connectivity index (χ1v) is 23.8. The smallest absolute Gasteiger partial charge is 0.333 e. The summed E-state index contributed by atoms with van der Waals surface area (Å²) in [6.45, 7) is 17.9. The first kappa shape index (κ1) is 48.9. The summed E-state index contributed by atoms with van der Waals surface area (Å²) in [4.78, 5) is 41.6. The second-order valence-corrected chi connectivity index (χ2v) is 18.5. The van der Waals surface area contributed by atoms with E-state index < -0.39 is 17.9 Å². The summed E-state index contributed by atoms with van der Waals surface area (Å²) >= 11 is 0. The summed E-state index contributed by atoms with van der Waals surface area (Å²) in [5.41, 5.74) is 16.7. The van der Waals surface area contributed by atoms with Gasteiger partial charge in [0.2, 0.25) is 0 Å². The molecule has 0 amide bonds. The van der Waals surface area contributed by atoms with Crippen molar-refractivity contribution >= 4 is 57.1 Å². The molecule has 0 aliphatic heterocycles. The number of hydrogen-bond acceptors (Lipinski definition) is 9. The molecule has 9 heteroatoms. The predicted molar refractivity (Wildman–Crippen MR) is 277 cm³/mol. The van der Waals surface area contributed by atoms with Gasteiger partial charge in [0.25, 0.3) is 0 Å². The molecule has 0 radical (unpaired) electrons. The summed E-state index contributed by atoms with van der Waals surface area (Å²) in [6.07, 6.45) is 2.91. The molecule has 0 aromatic heterocycles. The summed E-state index contributed by atoms with van der Waals surface area (Å²) in [7, 11) is 4.28. The average Bonchev–Trinajstić information content (AvgIpc) is 3.30. The van der Waals surface area contributed by atoms with Gasteiger partial charge in [-0.2, -0.15) is 0 Å². The number of esters is 3. The minimum Gasteiger partial charge on any atom is -0.462 e. The maximum atomic E-state index is 13.1. The molecular weight excluding hydrogens is 847 g/mol.